The van der Waals surface area contributed by atoms with E-state index in [1.807, 2.05) is 19.1 Å². The lowest BCUT2D eigenvalue weighted by molar-refractivity contribution is -0.114. The molecule has 2 aromatic carbocycles. The smallest absolute Gasteiger partial charge is 0.221 e. The predicted molar refractivity (Wildman–Crippen MR) is 107 cm³/mol. The number of pyridine rings is 1. The number of halogens is 2. The molecule has 0 bridgehead atoms. The Bertz CT molecular complexity index is 1030. The molecular formula is C20H16Cl2N2O3. The largest absolute Gasteiger partial charge is 0.482 e. The molecule has 1 N–H and O–H groups in total. The maximum absolute atomic E-state index is 12.4. The molecule has 0 spiro atoms. The minimum Gasteiger partial charge on any atom is -0.482 e. The van der Waals surface area contributed by atoms with Crippen LogP contribution < -0.4 is 10.1 Å². The second-order valence-electron chi connectivity index (χ2n) is 5.99. The van der Waals surface area contributed by atoms with Crippen LogP contribution in [0.5, 0.6) is 5.75 Å². The summed E-state index contributed by atoms with van der Waals surface area (Å²) in [6.07, 6.45) is 0. The molecule has 1 heterocycles. The van der Waals surface area contributed by atoms with Gasteiger partial charge in [-0.25, -0.2) is 4.98 Å². The number of Topliss-reactive ketones (excluding diaryl/α,β-unsaturated/α-hetero) is 1. The van der Waals surface area contributed by atoms with Crippen LogP contribution in [0.2, 0.25) is 10.0 Å². The molecule has 0 aliphatic heterocycles. The Labute approximate surface area is 166 Å². The van der Waals surface area contributed by atoms with E-state index in [9.17, 15) is 9.59 Å². The molecule has 7 heteroatoms. The fourth-order valence-corrected chi connectivity index (χ4v) is 3.16. The van der Waals surface area contributed by atoms with Gasteiger partial charge in [0.2, 0.25) is 5.91 Å². The van der Waals surface area contributed by atoms with Crippen molar-refractivity contribution in [1.82, 2.24) is 4.98 Å². The zero-order chi connectivity index (χ0) is 19.6. The van der Waals surface area contributed by atoms with Gasteiger partial charge < -0.3 is 10.1 Å². The number of ketones is 1. The Morgan fingerprint density at radius 2 is 1.78 bits per heavy atom. The Morgan fingerprint density at radius 3 is 2.44 bits per heavy atom. The van der Waals surface area contributed by atoms with E-state index in [0.29, 0.717) is 37.9 Å². The average molecular weight is 403 g/mol. The standard InChI is InChI=1S/C20H16Cl2N2O3/c1-11-3-8-15-16(21)9-17(22)20(19(15)23-11)27-10-18(26)13-4-6-14(7-5-13)24-12(2)25/h3-9H,10H2,1-2H3,(H,24,25). The zero-order valence-electron chi connectivity index (χ0n) is 14.7. The van der Waals surface area contributed by atoms with Crippen molar-refractivity contribution in [2.45, 2.75) is 13.8 Å². The van der Waals surface area contributed by atoms with Crippen LogP contribution in [-0.2, 0) is 4.79 Å². The Morgan fingerprint density at radius 1 is 1.07 bits per heavy atom. The highest BCUT2D eigenvalue weighted by molar-refractivity contribution is 6.39. The number of carbonyl (C=O) groups excluding carboxylic acids is 2. The van der Waals surface area contributed by atoms with E-state index in [1.165, 1.54) is 6.92 Å². The van der Waals surface area contributed by atoms with Gasteiger partial charge in [-0.1, -0.05) is 23.2 Å². The first-order valence-corrected chi connectivity index (χ1v) is 8.90. The number of hydrogen-bond acceptors (Lipinski definition) is 4. The number of rotatable bonds is 5. The van der Waals surface area contributed by atoms with Crippen molar-refractivity contribution in [3.63, 3.8) is 0 Å². The van der Waals surface area contributed by atoms with Gasteiger partial charge in [-0.05, 0) is 49.4 Å². The number of amides is 1. The van der Waals surface area contributed by atoms with Gasteiger partial charge >= 0.3 is 0 Å². The summed E-state index contributed by atoms with van der Waals surface area (Å²) in [5.74, 6) is -0.0800. The van der Waals surface area contributed by atoms with E-state index < -0.39 is 0 Å². The van der Waals surface area contributed by atoms with Gasteiger partial charge in [-0.3, -0.25) is 9.59 Å². The number of carbonyl (C=O) groups is 2. The minimum absolute atomic E-state index is 0.176. The molecule has 5 nitrogen and oxygen atoms in total. The zero-order valence-corrected chi connectivity index (χ0v) is 16.2. The van der Waals surface area contributed by atoms with Crippen LogP contribution in [0.4, 0.5) is 5.69 Å². The molecule has 1 amide bonds. The van der Waals surface area contributed by atoms with Gasteiger partial charge in [-0.2, -0.15) is 0 Å². The highest BCUT2D eigenvalue weighted by Gasteiger charge is 2.15. The fraction of sp³-hybridized carbons (Fsp3) is 0.150. The van der Waals surface area contributed by atoms with Crippen LogP contribution in [0.3, 0.4) is 0 Å². The van der Waals surface area contributed by atoms with Crippen molar-refractivity contribution < 1.29 is 14.3 Å². The fourth-order valence-electron chi connectivity index (χ4n) is 2.59. The monoisotopic (exact) mass is 402 g/mol. The summed E-state index contributed by atoms with van der Waals surface area (Å²) < 4.78 is 5.70. The van der Waals surface area contributed by atoms with Gasteiger partial charge in [-0.15, -0.1) is 0 Å². The van der Waals surface area contributed by atoms with E-state index in [0.717, 1.165) is 5.69 Å². The van der Waals surface area contributed by atoms with E-state index in [1.54, 1.807) is 30.3 Å². The first kappa shape index (κ1) is 19.1. The lowest BCUT2D eigenvalue weighted by atomic mass is 10.1. The molecule has 0 aliphatic carbocycles. The number of aromatic nitrogens is 1. The molecule has 0 atom stereocenters. The Balaban J connectivity index is 1.81. The molecule has 0 saturated heterocycles. The molecule has 3 aromatic rings. The number of fused-ring (bicyclic) bond motifs is 1. The lowest BCUT2D eigenvalue weighted by Gasteiger charge is -2.12. The maximum Gasteiger partial charge on any atom is 0.221 e. The number of nitrogens with zero attached hydrogens (tertiary/aromatic N) is 1. The van der Waals surface area contributed by atoms with Crippen LogP contribution in [0.1, 0.15) is 23.0 Å². The van der Waals surface area contributed by atoms with Gasteiger partial charge in [0.15, 0.2) is 18.1 Å². The minimum atomic E-state index is -0.226. The van der Waals surface area contributed by atoms with Crippen molar-refractivity contribution in [2.75, 3.05) is 11.9 Å². The van der Waals surface area contributed by atoms with Crippen LogP contribution in [-0.4, -0.2) is 23.3 Å². The van der Waals surface area contributed by atoms with Crippen molar-refractivity contribution >= 4 is 51.5 Å². The van der Waals surface area contributed by atoms with E-state index in [2.05, 4.69) is 10.3 Å². The second-order valence-corrected chi connectivity index (χ2v) is 6.80. The summed E-state index contributed by atoms with van der Waals surface area (Å²) >= 11 is 12.5. The summed E-state index contributed by atoms with van der Waals surface area (Å²) in [6, 6.07) is 11.8. The van der Waals surface area contributed by atoms with Crippen molar-refractivity contribution in [3.8, 4) is 5.75 Å². The number of benzene rings is 2. The number of nitrogens with one attached hydrogen (secondary N) is 1. The quantitative estimate of drug-likeness (QED) is 0.604. The third-order valence-corrected chi connectivity index (χ3v) is 4.45. The third-order valence-electron chi connectivity index (χ3n) is 3.85. The normalized spacial score (nSPS) is 10.7. The first-order chi connectivity index (χ1) is 12.8. The molecule has 0 aliphatic rings. The van der Waals surface area contributed by atoms with E-state index >= 15 is 0 Å². The molecule has 0 radical (unpaired) electrons. The van der Waals surface area contributed by atoms with Gasteiger partial charge in [0.05, 0.1) is 10.0 Å². The third kappa shape index (κ3) is 4.38. The predicted octanol–water partition coefficient (Wildman–Crippen LogP) is 5.07. The molecule has 3 rings (SSSR count). The second kappa shape index (κ2) is 7.94. The van der Waals surface area contributed by atoms with Crippen LogP contribution in [0.25, 0.3) is 10.9 Å². The summed E-state index contributed by atoms with van der Waals surface area (Å²) in [5.41, 5.74) is 2.38. The molecule has 1 aromatic heterocycles. The molecule has 138 valence electrons. The summed E-state index contributed by atoms with van der Waals surface area (Å²) in [7, 11) is 0. The summed E-state index contributed by atoms with van der Waals surface area (Å²) in [5, 5.41) is 4.11. The molecule has 0 unspecified atom stereocenters. The van der Waals surface area contributed by atoms with Gasteiger partial charge in [0.1, 0.15) is 5.52 Å². The molecule has 27 heavy (non-hydrogen) atoms. The van der Waals surface area contributed by atoms with E-state index in [-0.39, 0.29) is 18.3 Å². The highest BCUT2D eigenvalue weighted by Crippen LogP contribution is 2.37. The maximum atomic E-state index is 12.4. The molecule has 0 fully saturated rings. The number of aryl methyl sites for hydroxylation is 1. The summed E-state index contributed by atoms with van der Waals surface area (Å²) in [4.78, 5) is 27.9. The number of ether oxygens (including phenoxy) is 1. The number of anilines is 1. The van der Waals surface area contributed by atoms with Crippen molar-refractivity contribution in [1.29, 1.82) is 0 Å². The van der Waals surface area contributed by atoms with Gasteiger partial charge in [0.25, 0.3) is 0 Å². The van der Waals surface area contributed by atoms with Gasteiger partial charge in [0, 0.05) is 29.3 Å². The van der Waals surface area contributed by atoms with Crippen molar-refractivity contribution in [3.05, 3.63) is 63.8 Å². The van der Waals surface area contributed by atoms with Crippen LogP contribution in [0, 0.1) is 6.92 Å². The molecule has 0 saturated carbocycles. The first-order valence-electron chi connectivity index (χ1n) is 8.14. The average Bonchev–Trinajstić information content (AvgIpc) is 2.61. The van der Waals surface area contributed by atoms with E-state index in [4.69, 9.17) is 27.9 Å². The van der Waals surface area contributed by atoms with Crippen molar-refractivity contribution in [2.24, 2.45) is 0 Å². The Hall–Kier alpha value is -2.63. The lowest BCUT2D eigenvalue weighted by Crippen LogP contribution is -2.12. The summed E-state index contributed by atoms with van der Waals surface area (Å²) in [6.45, 7) is 3.06. The Kier molecular flexibility index (Phi) is 5.63. The topological polar surface area (TPSA) is 68.3 Å². The SMILES string of the molecule is CC(=O)Nc1ccc(C(=O)COc2c(Cl)cc(Cl)c3ccc(C)nc23)cc1. The van der Waals surface area contributed by atoms with Crippen LogP contribution in [0.15, 0.2) is 42.5 Å². The van der Waals surface area contributed by atoms with Crippen LogP contribution >= 0.6 is 23.2 Å². The number of hydrogen-bond donors (Lipinski definition) is 1. The molecular weight excluding hydrogens is 387 g/mol. The highest BCUT2D eigenvalue weighted by atomic mass is 35.5.